The number of carbonyl (C=O) groups is 1. The summed E-state index contributed by atoms with van der Waals surface area (Å²) < 4.78 is 0. The van der Waals surface area contributed by atoms with Gasteiger partial charge in [0.2, 0.25) is 11.7 Å². The van der Waals surface area contributed by atoms with Crippen molar-refractivity contribution in [2.75, 3.05) is 5.32 Å². The van der Waals surface area contributed by atoms with E-state index in [1.807, 2.05) is 0 Å². The van der Waals surface area contributed by atoms with Crippen molar-refractivity contribution in [3.8, 4) is 0 Å². The molecule has 18 heavy (non-hydrogen) atoms. The molecule has 1 rings (SSSR count). The number of hydrogen-bond donors (Lipinski definition) is 2. The van der Waals surface area contributed by atoms with Gasteiger partial charge in [0, 0.05) is 11.8 Å². The SMILES string of the molecule is Cc1ccc([N+](=O)[O-])c(NC(C(N)=O)C(C)C)n1. The molecule has 1 aromatic heterocycles. The molecule has 0 aromatic carbocycles. The molecule has 7 heteroatoms. The molecular weight excluding hydrogens is 236 g/mol. The Morgan fingerprint density at radius 2 is 2.11 bits per heavy atom. The predicted molar refractivity (Wildman–Crippen MR) is 67.1 cm³/mol. The topological polar surface area (TPSA) is 111 Å². The van der Waals surface area contributed by atoms with Gasteiger partial charge in [-0.1, -0.05) is 13.8 Å². The first kappa shape index (κ1) is 13.9. The lowest BCUT2D eigenvalue weighted by atomic mass is 10.0. The third kappa shape index (κ3) is 3.16. The molecular formula is C11H16N4O3. The second-order valence-electron chi connectivity index (χ2n) is 4.35. The van der Waals surface area contributed by atoms with E-state index in [0.29, 0.717) is 5.69 Å². The molecule has 1 heterocycles. The van der Waals surface area contributed by atoms with Crippen molar-refractivity contribution in [3.05, 3.63) is 27.9 Å². The molecule has 0 spiro atoms. The molecule has 0 bridgehead atoms. The molecule has 1 aromatic rings. The number of primary amides is 1. The summed E-state index contributed by atoms with van der Waals surface area (Å²) in [5.41, 5.74) is 5.70. The number of aryl methyl sites for hydroxylation is 1. The minimum atomic E-state index is -0.696. The average Bonchev–Trinajstić information content (AvgIpc) is 2.24. The zero-order valence-electron chi connectivity index (χ0n) is 10.5. The largest absolute Gasteiger partial charge is 0.368 e. The van der Waals surface area contributed by atoms with Crippen LogP contribution in [0.2, 0.25) is 0 Å². The van der Waals surface area contributed by atoms with E-state index in [0.717, 1.165) is 0 Å². The fourth-order valence-corrected chi connectivity index (χ4v) is 1.52. The molecule has 1 atom stereocenters. The number of rotatable bonds is 5. The van der Waals surface area contributed by atoms with Crippen molar-refractivity contribution in [2.24, 2.45) is 11.7 Å². The Bertz CT molecular complexity index is 473. The van der Waals surface area contributed by atoms with E-state index >= 15 is 0 Å². The van der Waals surface area contributed by atoms with Crippen LogP contribution in [0.4, 0.5) is 11.5 Å². The first-order chi connectivity index (χ1) is 8.32. The van der Waals surface area contributed by atoms with Gasteiger partial charge >= 0.3 is 5.69 Å². The van der Waals surface area contributed by atoms with Crippen LogP contribution in [0.3, 0.4) is 0 Å². The van der Waals surface area contributed by atoms with Gasteiger partial charge in [0.1, 0.15) is 6.04 Å². The Hall–Kier alpha value is -2.18. The van der Waals surface area contributed by atoms with Gasteiger partial charge in [0.25, 0.3) is 0 Å². The Kier molecular flexibility index (Phi) is 4.19. The summed E-state index contributed by atoms with van der Waals surface area (Å²) in [6.07, 6.45) is 0. The van der Waals surface area contributed by atoms with E-state index in [2.05, 4.69) is 10.3 Å². The number of hydrogen-bond acceptors (Lipinski definition) is 5. The standard InChI is InChI=1S/C11H16N4O3/c1-6(2)9(10(12)16)14-11-8(15(17)18)5-4-7(3)13-11/h4-6,9H,1-3H3,(H2,12,16)(H,13,14). The van der Waals surface area contributed by atoms with Gasteiger partial charge in [-0.25, -0.2) is 4.98 Å². The van der Waals surface area contributed by atoms with Crippen molar-refractivity contribution in [1.29, 1.82) is 0 Å². The molecule has 0 aliphatic carbocycles. The van der Waals surface area contributed by atoms with Crippen LogP contribution in [-0.4, -0.2) is 21.9 Å². The van der Waals surface area contributed by atoms with Crippen LogP contribution in [0.25, 0.3) is 0 Å². The number of aromatic nitrogens is 1. The second-order valence-corrected chi connectivity index (χ2v) is 4.35. The molecule has 7 nitrogen and oxygen atoms in total. The van der Waals surface area contributed by atoms with Crippen LogP contribution >= 0.6 is 0 Å². The molecule has 0 saturated carbocycles. The molecule has 0 radical (unpaired) electrons. The van der Waals surface area contributed by atoms with Crippen molar-refractivity contribution < 1.29 is 9.72 Å². The Morgan fingerprint density at radius 1 is 1.50 bits per heavy atom. The van der Waals surface area contributed by atoms with E-state index < -0.39 is 16.9 Å². The van der Waals surface area contributed by atoms with Crippen LogP contribution < -0.4 is 11.1 Å². The summed E-state index contributed by atoms with van der Waals surface area (Å²) in [5.74, 6) is -0.593. The summed E-state index contributed by atoms with van der Waals surface area (Å²) in [7, 11) is 0. The molecule has 98 valence electrons. The smallest absolute Gasteiger partial charge is 0.311 e. The molecule has 0 fully saturated rings. The number of amides is 1. The van der Waals surface area contributed by atoms with Gasteiger partial charge in [-0.3, -0.25) is 14.9 Å². The normalized spacial score (nSPS) is 12.2. The van der Waals surface area contributed by atoms with E-state index in [4.69, 9.17) is 5.73 Å². The summed E-state index contributed by atoms with van der Waals surface area (Å²) in [5, 5.41) is 13.6. The number of nitrogens with zero attached hydrogens (tertiary/aromatic N) is 2. The van der Waals surface area contributed by atoms with Crippen LogP contribution in [0, 0.1) is 23.0 Å². The van der Waals surface area contributed by atoms with Crippen LogP contribution in [0.15, 0.2) is 12.1 Å². The maximum absolute atomic E-state index is 11.3. The molecule has 3 N–H and O–H groups in total. The monoisotopic (exact) mass is 252 g/mol. The van der Waals surface area contributed by atoms with Crippen LogP contribution in [-0.2, 0) is 4.79 Å². The summed E-state index contributed by atoms with van der Waals surface area (Å²) >= 11 is 0. The number of nitrogens with one attached hydrogen (secondary N) is 1. The molecule has 1 amide bonds. The number of nitro groups is 1. The quantitative estimate of drug-likeness (QED) is 0.604. The zero-order chi connectivity index (χ0) is 13.9. The number of nitrogens with two attached hydrogens (primary N) is 1. The molecule has 0 saturated heterocycles. The maximum Gasteiger partial charge on any atom is 0.311 e. The average molecular weight is 252 g/mol. The summed E-state index contributed by atoms with van der Waals surface area (Å²) in [6.45, 7) is 5.30. The first-order valence-corrected chi connectivity index (χ1v) is 5.50. The minimum Gasteiger partial charge on any atom is -0.368 e. The lowest BCUT2D eigenvalue weighted by Gasteiger charge is -2.19. The van der Waals surface area contributed by atoms with Gasteiger partial charge in [-0.05, 0) is 18.9 Å². The Balaban J connectivity index is 3.12. The van der Waals surface area contributed by atoms with Gasteiger partial charge < -0.3 is 11.1 Å². The third-order valence-corrected chi connectivity index (χ3v) is 2.48. The highest BCUT2D eigenvalue weighted by molar-refractivity contribution is 5.83. The van der Waals surface area contributed by atoms with E-state index in [1.165, 1.54) is 12.1 Å². The molecule has 0 aliphatic rings. The highest BCUT2D eigenvalue weighted by Crippen LogP contribution is 2.23. The number of anilines is 1. The van der Waals surface area contributed by atoms with Gasteiger partial charge in [0.05, 0.1) is 4.92 Å². The minimum absolute atomic E-state index is 0.0671. The first-order valence-electron chi connectivity index (χ1n) is 5.50. The van der Waals surface area contributed by atoms with Crippen molar-refractivity contribution in [1.82, 2.24) is 4.98 Å². The van der Waals surface area contributed by atoms with E-state index in [1.54, 1.807) is 20.8 Å². The van der Waals surface area contributed by atoms with Crippen molar-refractivity contribution in [2.45, 2.75) is 26.8 Å². The maximum atomic E-state index is 11.3. The van der Waals surface area contributed by atoms with Crippen LogP contribution in [0.1, 0.15) is 19.5 Å². The van der Waals surface area contributed by atoms with E-state index in [-0.39, 0.29) is 17.4 Å². The Morgan fingerprint density at radius 3 is 2.56 bits per heavy atom. The highest BCUT2D eigenvalue weighted by atomic mass is 16.6. The molecule has 1 unspecified atom stereocenters. The van der Waals surface area contributed by atoms with Gasteiger partial charge in [-0.2, -0.15) is 0 Å². The lowest BCUT2D eigenvalue weighted by Crippen LogP contribution is -2.40. The molecule has 0 aliphatic heterocycles. The number of pyridine rings is 1. The van der Waals surface area contributed by atoms with Crippen molar-refractivity contribution in [3.63, 3.8) is 0 Å². The van der Waals surface area contributed by atoms with Gasteiger partial charge in [-0.15, -0.1) is 0 Å². The zero-order valence-corrected chi connectivity index (χ0v) is 10.5. The summed E-state index contributed by atoms with van der Waals surface area (Å²) in [6, 6.07) is 2.19. The highest BCUT2D eigenvalue weighted by Gasteiger charge is 2.24. The van der Waals surface area contributed by atoms with Gasteiger partial charge in [0.15, 0.2) is 0 Å². The lowest BCUT2D eigenvalue weighted by molar-refractivity contribution is -0.384. The summed E-state index contributed by atoms with van der Waals surface area (Å²) in [4.78, 5) is 25.6. The third-order valence-electron chi connectivity index (χ3n) is 2.48. The fraction of sp³-hybridized carbons (Fsp3) is 0.455. The van der Waals surface area contributed by atoms with E-state index in [9.17, 15) is 14.9 Å². The van der Waals surface area contributed by atoms with Crippen molar-refractivity contribution >= 4 is 17.4 Å². The predicted octanol–water partition coefficient (Wildman–Crippen LogP) is 1.22. The Labute approximate surface area is 105 Å². The second kappa shape index (κ2) is 5.44. The fourth-order valence-electron chi connectivity index (χ4n) is 1.52. The van der Waals surface area contributed by atoms with Crippen LogP contribution in [0.5, 0.6) is 0 Å². The number of carbonyl (C=O) groups excluding carboxylic acids is 1.